The second kappa shape index (κ2) is 5.87. The predicted octanol–water partition coefficient (Wildman–Crippen LogP) is 2.17. The molecule has 120 valence electrons. The van der Waals surface area contributed by atoms with Crippen molar-refractivity contribution in [2.24, 2.45) is 5.41 Å². The number of rotatable bonds is 6. The molecule has 0 saturated heterocycles. The fourth-order valence-electron chi connectivity index (χ4n) is 2.40. The molecule has 1 aromatic carbocycles. The number of carboxylic acids is 1. The number of benzene rings is 1. The van der Waals surface area contributed by atoms with E-state index in [-0.39, 0.29) is 18.9 Å². The van der Waals surface area contributed by atoms with Crippen molar-refractivity contribution in [3.63, 3.8) is 0 Å². The number of amides is 1. The van der Waals surface area contributed by atoms with Crippen molar-refractivity contribution in [2.75, 3.05) is 6.54 Å². The van der Waals surface area contributed by atoms with Crippen molar-refractivity contribution in [3.8, 4) is 11.5 Å². The van der Waals surface area contributed by atoms with Crippen molar-refractivity contribution in [2.45, 2.75) is 26.2 Å². The zero-order valence-electron chi connectivity index (χ0n) is 12.8. The molecule has 1 heterocycles. The summed E-state index contributed by atoms with van der Waals surface area (Å²) in [6.07, 6.45) is 1.31. The first-order valence-corrected chi connectivity index (χ1v) is 7.52. The van der Waals surface area contributed by atoms with Gasteiger partial charge in [0.2, 0.25) is 11.8 Å². The summed E-state index contributed by atoms with van der Waals surface area (Å²) in [5.41, 5.74) is 0.663. The summed E-state index contributed by atoms with van der Waals surface area (Å²) in [6, 6.07) is 9.46. The number of carbonyl (C=O) groups excluding carboxylic acids is 1. The molecule has 0 spiro atoms. The van der Waals surface area contributed by atoms with Gasteiger partial charge in [0.25, 0.3) is 0 Å². The molecular weight excluding hydrogens is 296 g/mol. The minimum atomic E-state index is -0.846. The van der Waals surface area contributed by atoms with E-state index in [0.717, 1.165) is 5.56 Å². The first-order chi connectivity index (χ1) is 11.0. The Morgan fingerprint density at radius 2 is 2.00 bits per heavy atom. The molecule has 3 rings (SSSR count). The summed E-state index contributed by atoms with van der Waals surface area (Å²) in [5.74, 6) is -0.0104. The number of hydrogen-bond acceptors (Lipinski definition) is 4. The van der Waals surface area contributed by atoms with Gasteiger partial charge in [0.15, 0.2) is 0 Å². The molecule has 0 radical (unpaired) electrons. The van der Waals surface area contributed by atoms with Crippen LogP contribution in [0, 0.1) is 12.3 Å². The molecule has 23 heavy (non-hydrogen) atoms. The van der Waals surface area contributed by atoms with Gasteiger partial charge in [-0.25, -0.2) is 4.98 Å². The van der Waals surface area contributed by atoms with E-state index in [1.165, 1.54) is 0 Å². The Kier molecular flexibility index (Phi) is 3.90. The third kappa shape index (κ3) is 3.26. The largest absolute Gasteiger partial charge is 0.481 e. The molecule has 6 heteroatoms. The summed E-state index contributed by atoms with van der Waals surface area (Å²) in [6.45, 7) is 1.94. The fourth-order valence-corrected chi connectivity index (χ4v) is 2.40. The lowest BCUT2D eigenvalue weighted by molar-refractivity contribution is -0.143. The first-order valence-electron chi connectivity index (χ1n) is 7.52. The highest BCUT2D eigenvalue weighted by atomic mass is 16.4. The number of hydrogen-bond donors (Lipinski definition) is 2. The number of oxazole rings is 1. The zero-order valence-corrected chi connectivity index (χ0v) is 12.8. The van der Waals surface area contributed by atoms with E-state index in [0.29, 0.717) is 30.2 Å². The Labute approximate surface area is 133 Å². The van der Waals surface area contributed by atoms with Gasteiger partial charge in [0, 0.05) is 12.1 Å². The van der Waals surface area contributed by atoms with Gasteiger partial charge >= 0.3 is 5.97 Å². The van der Waals surface area contributed by atoms with Gasteiger partial charge in [-0.3, -0.25) is 9.59 Å². The summed E-state index contributed by atoms with van der Waals surface area (Å²) in [4.78, 5) is 27.5. The van der Waals surface area contributed by atoms with Crippen LogP contribution in [0.2, 0.25) is 0 Å². The standard InChI is InChI=1S/C17H18N2O4/c1-11-13(19-15(23-11)12-5-3-2-4-6-12)9-14(20)18-10-17(7-8-17)16(21)22/h2-6H,7-10H2,1H3,(H,18,20)(H,21,22). The van der Waals surface area contributed by atoms with E-state index >= 15 is 0 Å². The highest BCUT2D eigenvalue weighted by Gasteiger charge is 2.50. The molecule has 1 amide bonds. The van der Waals surface area contributed by atoms with Crippen LogP contribution in [0.1, 0.15) is 24.3 Å². The lowest BCUT2D eigenvalue weighted by Gasteiger charge is -2.10. The molecular formula is C17H18N2O4. The van der Waals surface area contributed by atoms with Crippen molar-refractivity contribution in [1.29, 1.82) is 0 Å². The number of aryl methyl sites for hydroxylation is 1. The molecule has 0 bridgehead atoms. The Bertz CT molecular complexity index is 732. The van der Waals surface area contributed by atoms with Gasteiger partial charge in [-0.15, -0.1) is 0 Å². The van der Waals surface area contributed by atoms with Crippen LogP contribution in [0.3, 0.4) is 0 Å². The molecule has 1 aliphatic rings. The van der Waals surface area contributed by atoms with Crippen LogP contribution in [-0.2, 0) is 16.0 Å². The Balaban J connectivity index is 1.63. The average Bonchev–Trinajstić information content (AvgIpc) is 3.26. The van der Waals surface area contributed by atoms with Crippen LogP contribution in [0.15, 0.2) is 34.7 Å². The molecule has 0 aliphatic heterocycles. The maximum Gasteiger partial charge on any atom is 0.311 e. The number of nitrogens with one attached hydrogen (secondary N) is 1. The van der Waals surface area contributed by atoms with Crippen molar-refractivity contribution in [3.05, 3.63) is 41.8 Å². The monoisotopic (exact) mass is 314 g/mol. The van der Waals surface area contributed by atoms with E-state index in [2.05, 4.69) is 10.3 Å². The quantitative estimate of drug-likeness (QED) is 0.852. The molecule has 0 atom stereocenters. The minimum Gasteiger partial charge on any atom is -0.481 e. The lowest BCUT2D eigenvalue weighted by atomic mass is 10.1. The maximum atomic E-state index is 12.0. The van der Waals surface area contributed by atoms with E-state index in [1.54, 1.807) is 6.92 Å². The van der Waals surface area contributed by atoms with Crippen LogP contribution in [0.4, 0.5) is 0 Å². The topological polar surface area (TPSA) is 92.4 Å². The number of nitrogens with zero attached hydrogens (tertiary/aromatic N) is 1. The normalized spacial score (nSPS) is 15.2. The predicted molar refractivity (Wildman–Crippen MR) is 82.7 cm³/mol. The minimum absolute atomic E-state index is 0.0812. The number of aliphatic carboxylic acids is 1. The summed E-state index contributed by atoms with van der Waals surface area (Å²) in [7, 11) is 0. The molecule has 1 fully saturated rings. The highest BCUT2D eigenvalue weighted by molar-refractivity contribution is 5.82. The molecule has 0 unspecified atom stereocenters. The number of carbonyl (C=O) groups is 2. The van der Waals surface area contributed by atoms with Crippen molar-refractivity contribution < 1.29 is 19.1 Å². The van der Waals surface area contributed by atoms with E-state index in [4.69, 9.17) is 9.52 Å². The fraction of sp³-hybridized carbons (Fsp3) is 0.353. The summed E-state index contributed by atoms with van der Waals surface area (Å²) < 4.78 is 5.61. The van der Waals surface area contributed by atoms with E-state index < -0.39 is 11.4 Å². The maximum absolute atomic E-state index is 12.0. The van der Waals surface area contributed by atoms with E-state index in [9.17, 15) is 9.59 Å². The Hall–Kier alpha value is -2.63. The Morgan fingerprint density at radius 3 is 2.61 bits per heavy atom. The van der Waals surface area contributed by atoms with Crippen molar-refractivity contribution in [1.82, 2.24) is 10.3 Å². The number of carboxylic acid groups (broad SMARTS) is 1. The lowest BCUT2D eigenvalue weighted by Crippen LogP contribution is -2.35. The van der Waals surface area contributed by atoms with Crippen LogP contribution in [0.5, 0.6) is 0 Å². The van der Waals surface area contributed by atoms with Gasteiger partial charge in [-0.05, 0) is 31.9 Å². The third-order valence-corrected chi connectivity index (χ3v) is 4.17. The highest BCUT2D eigenvalue weighted by Crippen LogP contribution is 2.45. The first kappa shape index (κ1) is 15.3. The summed E-state index contributed by atoms with van der Waals surface area (Å²) in [5, 5.41) is 11.8. The number of aromatic nitrogens is 1. The molecule has 2 N–H and O–H groups in total. The Morgan fingerprint density at radius 1 is 1.30 bits per heavy atom. The SMILES string of the molecule is Cc1oc(-c2ccccc2)nc1CC(=O)NCC1(C(=O)O)CC1. The molecule has 6 nitrogen and oxygen atoms in total. The van der Waals surface area contributed by atoms with Gasteiger partial charge in [-0.1, -0.05) is 18.2 Å². The van der Waals surface area contributed by atoms with Gasteiger partial charge in [0.1, 0.15) is 5.76 Å². The molecule has 1 aromatic heterocycles. The van der Waals surface area contributed by atoms with E-state index in [1.807, 2.05) is 30.3 Å². The summed E-state index contributed by atoms with van der Waals surface area (Å²) >= 11 is 0. The van der Waals surface area contributed by atoms with Crippen LogP contribution < -0.4 is 5.32 Å². The van der Waals surface area contributed by atoms with Crippen molar-refractivity contribution >= 4 is 11.9 Å². The van der Waals surface area contributed by atoms with Crippen LogP contribution in [0.25, 0.3) is 11.5 Å². The second-order valence-electron chi connectivity index (χ2n) is 5.93. The molecule has 2 aromatic rings. The van der Waals surface area contributed by atoms with Gasteiger partial charge < -0.3 is 14.8 Å². The van der Waals surface area contributed by atoms with Crippen LogP contribution >= 0.6 is 0 Å². The zero-order chi connectivity index (χ0) is 16.4. The van der Waals surface area contributed by atoms with Gasteiger partial charge in [-0.2, -0.15) is 0 Å². The third-order valence-electron chi connectivity index (χ3n) is 4.17. The molecule has 1 aliphatic carbocycles. The smallest absolute Gasteiger partial charge is 0.311 e. The average molecular weight is 314 g/mol. The molecule has 1 saturated carbocycles. The second-order valence-corrected chi connectivity index (χ2v) is 5.93. The van der Waals surface area contributed by atoms with Gasteiger partial charge in [0.05, 0.1) is 17.5 Å². The van der Waals surface area contributed by atoms with Crippen LogP contribution in [-0.4, -0.2) is 28.5 Å².